The maximum absolute atomic E-state index is 12.4. The van der Waals surface area contributed by atoms with Gasteiger partial charge < -0.3 is 29.8 Å². The molecule has 0 atom stereocenters. The van der Waals surface area contributed by atoms with E-state index < -0.39 is 0 Å². The van der Waals surface area contributed by atoms with Gasteiger partial charge >= 0.3 is 0 Å². The second-order valence-corrected chi connectivity index (χ2v) is 8.52. The van der Waals surface area contributed by atoms with Gasteiger partial charge in [-0.25, -0.2) is 4.98 Å². The zero-order valence-electron chi connectivity index (χ0n) is 17.1. The van der Waals surface area contributed by atoms with Crippen molar-refractivity contribution in [3.05, 3.63) is 35.7 Å². The third-order valence-corrected chi connectivity index (χ3v) is 6.34. The van der Waals surface area contributed by atoms with E-state index in [-0.39, 0.29) is 43.6 Å². The highest BCUT2D eigenvalue weighted by atomic mass is 32.2. The van der Waals surface area contributed by atoms with Crippen molar-refractivity contribution in [1.29, 1.82) is 0 Å². The van der Waals surface area contributed by atoms with Crippen molar-refractivity contribution in [1.82, 2.24) is 20.2 Å². The Balaban J connectivity index is 1.28. The van der Waals surface area contributed by atoms with E-state index in [0.717, 1.165) is 31.2 Å². The fourth-order valence-electron chi connectivity index (χ4n) is 3.72. The fraction of sp³-hybridized carbons (Fsp3) is 0.476. The van der Waals surface area contributed by atoms with Crippen molar-refractivity contribution in [2.45, 2.75) is 56.6 Å². The third-order valence-electron chi connectivity index (χ3n) is 5.34. The van der Waals surface area contributed by atoms with Crippen LogP contribution in [0.15, 0.2) is 29.6 Å². The molecule has 4 rings (SSSR count). The molecule has 1 saturated carbocycles. The van der Waals surface area contributed by atoms with Crippen molar-refractivity contribution in [2.75, 3.05) is 12.5 Å². The molecule has 0 radical (unpaired) electrons. The summed E-state index contributed by atoms with van der Waals surface area (Å²) in [6.45, 7) is 0.438. The van der Waals surface area contributed by atoms with Gasteiger partial charge in [0.15, 0.2) is 16.7 Å². The van der Waals surface area contributed by atoms with Gasteiger partial charge in [0.05, 0.1) is 24.3 Å². The smallest absolute Gasteiger partial charge is 0.240 e. The zero-order valence-corrected chi connectivity index (χ0v) is 18.0. The SMILES string of the molecule is O=C(CSc1ncc(CO)n1CC(=O)NC1CCCC1)NCc1ccc2c(c1)OCO2. The topological polar surface area (TPSA) is 115 Å². The van der Waals surface area contributed by atoms with Gasteiger partial charge in [-0.2, -0.15) is 0 Å². The average Bonchev–Trinajstić information content (AvgIpc) is 3.51. The average molecular weight is 447 g/mol. The normalized spacial score (nSPS) is 15.3. The number of imidazole rings is 1. The summed E-state index contributed by atoms with van der Waals surface area (Å²) < 4.78 is 12.3. The highest BCUT2D eigenvalue weighted by Crippen LogP contribution is 2.32. The van der Waals surface area contributed by atoms with Crippen LogP contribution in [0.25, 0.3) is 0 Å². The molecule has 1 aliphatic carbocycles. The first-order chi connectivity index (χ1) is 15.1. The molecule has 1 aromatic carbocycles. The third kappa shape index (κ3) is 5.50. The number of benzene rings is 1. The first kappa shape index (κ1) is 21.5. The van der Waals surface area contributed by atoms with Crippen molar-refractivity contribution in [3.63, 3.8) is 0 Å². The Kier molecular flexibility index (Phi) is 6.98. The summed E-state index contributed by atoms with van der Waals surface area (Å²) >= 11 is 1.24. The highest BCUT2D eigenvalue weighted by Gasteiger charge is 2.20. The minimum Gasteiger partial charge on any atom is -0.454 e. The maximum atomic E-state index is 12.4. The van der Waals surface area contributed by atoms with E-state index in [2.05, 4.69) is 15.6 Å². The lowest BCUT2D eigenvalue weighted by Gasteiger charge is -2.14. The minimum absolute atomic E-state index is 0.0769. The number of hydrogen-bond acceptors (Lipinski definition) is 7. The molecule has 2 heterocycles. The number of aliphatic hydroxyl groups excluding tert-OH is 1. The molecule has 1 aliphatic heterocycles. The number of aromatic nitrogens is 2. The van der Waals surface area contributed by atoms with Crippen molar-refractivity contribution >= 4 is 23.6 Å². The molecule has 166 valence electrons. The van der Waals surface area contributed by atoms with Crippen LogP contribution >= 0.6 is 11.8 Å². The summed E-state index contributed by atoms with van der Waals surface area (Å²) in [5.41, 5.74) is 1.46. The molecule has 3 N–H and O–H groups in total. The molecule has 0 saturated heterocycles. The number of hydrogen-bond donors (Lipinski definition) is 3. The van der Waals surface area contributed by atoms with Gasteiger partial charge in [-0.3, -0.25) is 9.59 Å². The van der Waals surface area contributed by atoms with Crippen LogP contribution in [0.4, 0.5) is 0 Å². The minimum atomic E-state index is -0.222. The van der Waals surface area contributed by atoms with Gasteiger partial charge in [-0.1, -0.05) is 30.7 Å². The summed E-state index contributed by atoms with van der Waals surface area (Å²) in [6.07, 6.45) is 5.83. The van der Waals surface area contributed by atoms with E-state index in [1.807, 2.05) is 18.2 Å². The number of rotatable bonds is 9. The van der Waals surface area contributed by atoms with E-state index in [4.69, 9.17) is 9.47 Å². The molecule has 0 unspecified atom stereocenters. The van der Waals surface area contributed by atoms with E-state index >= 15 is 0 Å². The molecule has 9 nitrogen and oxygen atoms in total. The van der Waals surface area contributed by atoms with Crippen LogP contribution in [-0.4, -0.2) is 45.1 Å². The molecular weight excluding hydrogens is 420 g/mol. The summed E-state index contributed by atoms with van der Waals surface area (Å²) in [5, 5.41) is 16.0. The predicted molar refractivity (Wildman–Crippen MR) is 114 cm³/mol. The maximum Gasteiger partial charge on any atom is 0.240 e. The molecular formula is C21H26N4O5S. The van der Waals surface area contributed by atoms with Gasteiger partial charge in [0.1, 0.15) is 6.54 Å². The Bertz CT molecular complexity index is 942. The highest BCUT2D eigenvalue weighted by molar-refractivity contribution is 7.99. The molecule has 31 heavy (non-hydrogen) atoms. The standard InChI is InChI=1S/C21H26N4O5S/c26-11-16-9-23-21(25(16)10-19(27)24-15-3-1-2-4-15)31-12-20(28)22-8-14-5-6-17-18(7-14)30-13-29-17/h5-7,9,15,26H,1-4,8,10-13H2,(H,22,28)(H,24,27). The van der Waals surface area contributed by atoms with Crippen LogP contribution in [0.2, 0.25) is 0 Å². The second kappa shape index (κ2) is 10.1. The number of nitrogens with zero attached hydrogens (tertiary/aromatic N) is 2. The van der Waals surface area contributed by atoms with E-state index in [9.17, 15) is 14.7 Å². The number of amides is 2. The largest absolute Gasteiger partial charge is 0.454 e. The Morgan fingerprint density at radius 1 is 1.19 bits per heavy atom. The van der Waals surface area contributed by atoms with Crippen LogP contribution in [-0.2, 0) is 29.3 Å². The predicted octanol–water partition coefficient (Wildman–Crippen LogP) is 1.57. The van der Waals surface area contributed by atoms with Crippen LogP contribution in [0.5, 0.6) is 11.5 Å². The molecule has 2 aliphatic rings. The van der Waals surface area contributed by atoms with Gasteiger partial charge in [-0.15, -0.1) is 0 Å². The first-order valence-electron chi connectivity index (χ1n) is 10.3. The molecule has 10 heteroatoms. The number of carbonyl (C=O) groups excluding carboxylic acids is 2. The van der Waals surface area contributed by atoms with Gasteiger partial charge in [0.2, 0.25) is 18.6 Å². The van der Waals surface area contributed by atoms with Crippen molar-refractivity contribution in [3.8, 4) is 11.5 Å². The van der Waals surface area contributed by atoms with E-state index in [1.54, 1.807) is 4.57 Å². The number of aliphatic hydroxyl groups is 1. The number of fused-ring (bicyclic) bond motifs is 1. The van der Waals surface area contributed by atoms with Crippen LogP contribution < -0.4 is 20.1 Å². The van der Waals surface area contributed by atoms with Gasteiger partial charge in [0.25, 0.3) is 0 Å². The molecule has 0 bridgehead atoms. The van der Waals surface area contributed by atoms with Gasteiger partial charge in [0, 0.05) is 12.6 Å². The Labute approximate surface area is 184 Å². The number of ether oxygens (including phenoxy) is 2. The molecule has 2 aromatic rings. The number of thioether (sulfide) groups is 1. The van der Waals surface area contributed by atoms with Crippen LogP contribution in [0.3, 0.4) is 0 Å². The zero-order chi connectivity index (χ0) is 21.6. The van der Waals surface area contributed by atoms with E-state index in [0.29, 0.717) is 28.9 Å². The van der Waals surface area contributed by atoms with Crippen LogP contribution in [0.1, 0.15) is 36.9 Å². The van der Waals surface area contributed by atoms with Gasteiger partial charge in [-0.05, 0) is 30.5 Å². The monoisotopic (exact) mass is 446 g/mol. The lowest BCUT2D eigenvalue weighted by atomic mass is 10.2. The number of nitrogens with one attached hydrogen (secondary N) is 2. The van der Waals surface area contributed by atoms with Crippen LogP contribution in [0, 0.1) is 0 Å². The quantitative estimate of drug-likeness (QED) is 0.501. The molecule has 0 spiro atoms. The summed E-state index contributed by atoms with van der Waals surface area (Å²) in [4.78, 5) is 29.0. The van der Waals surface area contributed by atoms with E-state index in [1.165, 1.54) is 18.0 Å². The Morgan fingerprint density at radius 2 is 2.00 bits per heavy atom. The Morgan fingerprint density at radius 3 is 2.81 bits per heavy atom. The molecule has 1 fully saturated rings. The van der Waals surface area contributed by atoms with Crippen molar-refractivity contribution < 1.29 is 24.2 Å². The summed E-state index contributed by atoms with van der Waals surface area (Å²) in [7, 11) is 0. The summed E-state index contributed by atoms with van der Waals surface area (Å²) in [6, 6.07) is 5.78. The fourth-order valence-corrected chi connectivity index (χ4v) is 4.55. The molecule has 1 aromatic heterocycles. The first-order valence-corrected chi connectivity index (χ1v) is 11.3. The number of carbonyl (C=O) groups is 2. The lowest BCUT2D eigenvalue weighted by molar-refractivity contribution is -0.122. The Hall–Kier alpha value is -2.72. The van der Waals surface area contributed by atoms with Crippen molar-refractivity contribution in [2.24, 2.45) is 0 Å². The lowest BCUT2D eigenvalue weighted by Crippen LogP contribution is -2.35. The summed E-state index contributed by atoms with van der Waals surface area (Å²) in [5.74, 6) is 1.27. The molecule has 2 amide bonds. The second-order valence-electron chi connectivity index (χ2n) is 7.58.